The van der Waals surface area contributed by atoms with Crippen LogP contribution in [0.25, 0.3) is 5.69 Å². The van der Waals surface area contributed by atoms with Crippen LogP contribution in [0.3, 0.4) is 0 Å². The quantitative estimate of drug-likeness (QED) is 0.638. The van der Waals surface area contributed by atoms with Crippen molar-refractivity contribution in [1.29, 1.82) is 5.26 Å². The minimum atomic E-state index is 0.134. The summed E-state index contributed by atoms with van der Waals surface area (Å²) in [6, 6.07) is 16.7. The average Bonchev–Trinajstić information content (AvgIpc) is 3.02. The number of methoxy groups -OCH3 is 1. The van der Waals surface area contributed by atoms with Crippen molar-refractivity contribution in [3.8, 4) is 23.3 Å². The number of carbonyl (C=O) groups excluding carboxylic acids is 1. The Hall–Kier alpha value is -3.59. The third-order valence-electron chi connectivity index (χ3n) is 3.96. The van der Waals surface area contributed by atoms with Crippen molar-refractivity contribution in [2.75, 3.05) is 7.11 Å². The van der Waals surface area contributed by atoms with Gasteiger partial charge in [-0.3, -0.25) is 4.79 Å². The van der Waals surface area contributed by atoms with Gasteiger partial charge in [-0.1, -0.05) is 18.2 Å². The van der Waals surface area contributed by atoms with Gasteiger partial charge in [0.2, 0.25) is 0 Å². The summed E-state index contributed by atoms with van der Waals surface area (Å²) in [7, 11) is 1.51. The van der Waals surface area contributed by atoms with E-state index in [-0.39, 0.29) is 6.61 Å². The number of hydrogen-bond acceptors (Lipinski definition) is 5. The van der Waals surface area contributed by atoms with Crippen molar-refractivity contribution in [2.24, 2.45) is 0 Å². The van der Waals surface area contributed by atoms with Gasteiger partial charge in [0, 0.05) is 5.56 Å². The van der Waals surface area contributed by atoms with Crippen LogP contribution in [-0.4, -0.2) is 23.2 Å². The summed E-state index contributed by atoms with van der Waals surface area (Å²) in [5, 5.41) is 14.0. The maximum absolute atomic E-state index is 10.9. The summed E-state index contributed by atoms with van der Waals surface area (Å²) in [6.45, 7) is 1.93. The lowest BCUT2D eigenvalue weighted by atomic mass is 10.2. The van der Waals surface area contributed by atoms with Crippen LogP contribution >= 0.6 is 0 Å². The van der Waals surface area contributed by atoms with E-state index in [9.17, 15) is 10.1 Å². The summed E-state index contributed by atoms with van der Waals surface area (Å²) in [5.74, 6) is 0.941. The standard InChI is InChI=1S/C20H17N3O3/c1-14-17(11-21)18(23(22-14)16-6-4-3-5-7-16)13-26-19-9-8-15(12-24)10-20(19)25-2/h3-10,12H,13H2,1-2H3. The van der Waals surface area contributed by atoms with E-state index < -0.39 is 0 Å². The number of aryl methyl sites for hydroxylation is 1. The Labute approximate surface area is 151 Å². The minimum Gasteiger partial charge on any atom is -0.493 e. The largest absolute Gasteiger partial charge is 0.493 e. The molecule has 1 heterocycles. The van der Waals surface area contributed by atoms with Gasteiger partial charge in [-0.25, -0.2) is 4.68 Å². The molecule has 0 amide bonds. The number of aromatic nitrogens is 2. The van der Waals surface area contributed by atoms with Crippen LogP contribution in [0.15, 0.2) is 48.5 Å². The van der Waals surface area contributed by atoms with E-state index in [0.717, 1.165) is 12.0 Å². The predicted octanol–water partition coefficient (Wildman–Crippen LogP) is 3.45. The van der Waals surface area contributed by atoms with Crippen molar-refractivity contribution in [3.63, 3.8) is 0 Å². The van der Waals surface area contributed by atoms with Gasteiger partial charge < -0.3 is 9.47 Å². The highest BCUT2D eigenvalue weighted by atomic mass is 16.5. The van der Waals surface area contributed by atoms with E-state index in [1.807, 2.05) is 30.3 Å². The molecule has 26 heavy (non-hydrogen) atoms. The number of rotatable bonds is 6. The smallest absolute Gasteiger partial charge is 0.161 e. The number of benzene rings is 2. The molecule has 0 saturated carbocycles. The van der Waals surface area contributed by atoms with E-state index in [4.69, 9.17) is 9.47 Å². The molecule has 0 spiro atoms. The molecule has 0 unspecified atom stereocenters. The van der Waals surface area contributed by atoms with Crippen LogP contribution in [0.5, 0.6) is 11.5 Å². The van der Waals surface area contributed by atoms with Gasteiger partial charge >= 0.3 is 0 Å². The highest BCUT2D eigenvalue weighted by molar-refractivity contribution is 5.76. The first-order valence-electron chi connectivity index (χ1n) is 7.98. The fraction of sp³-hybridized carbons (Fsp3) is 0.150. The second-order valence-electron chi connectivity index (χ2n) is 5.58. The second kappa shape index (κ2) is 7.53. The van der Waals surface area contributed by atoms with E-state index in [0.29, 0.717) is 34.0 Å². The first kappa shape index (κ1) is 17.2. The lowest BCUT2D eigenvalue weighted by molar-refractivity contribution is 0.112. The van der Waals surface area contributed by atoms with Gasteiger partial charge in [0.15, 0.2) is 11.5 Å². The second-order valence-corrected chi connectivity index (χ2v) is 5.58. The lowest BCUT2D eigenvalue weighted by Crippen LogP contribution is -2.07. The highest BCUT2D eigenvalue weighted by Gasteiger charge is 2.17. The van der Waals surface area contributed by atoms with Crippen LogP contribution in [-0.2, 0) is 6.61 Å². The van der Waals surface area contributed by atoms with Crippen molar-refractivity contribution >= 4 is 6.29 Å². The Balaban J connectivity index is 1.96. The fourth-order valence-corrected chi connectivity index (χ4v) is 2.66. The van der Waals surface area contributed by atoms with Crippen molar-refractivity contribution in [1.82, 2.24) is 9.78 Å². The molecule has 1 aromatic heterocycles. The van der Waals surface area contributed by atoms with Gasteiger partial charge in [0.1, 0.15) is 24.5 Å². The molecule has 0 atom stereocenters. The van der Waals surface area contributed by atoms with Gasteiger partial charge in [0.25, 0.3) is 0 Å². The Morgan fingerprint density at radius 1 is 1.19 bits per heavy atom. The molecule has 0 N–H and O–H groups in total. The molecule has 0 aliphatic heterocycles. The maximum Gasteiger partial charge on any atom is 0.161 e. The highest BCUT2D eigenvalue weighted by Crippen LogP contribution is 2.29. The topological polar surface area (TPSA) is 77.1 Å². The fourth-order valence-electron chi connectivity index (χ4n) is 2.66. The normalized spacial score (nSPS) is 10.2. The van der Waals surface area contributed by atoms with Crippen LogP contribution in [0.4, 0.5) is 0 Å². The van der Waals surface area contributed by atoms with Crippen LogP contribution in [0, 0.1) is 18.3 Å². The summed E-state index contributed by atoms with van der Waals surface area (Å²) in [5.41, 5.74) is 3.12. The minimum absolute atomic E-state index is 0.134. The van der Waals surface area contributed by atoms with Crippen LogP contribution in [0.1, 0.15) is 27.3 Å². The number of para-hydroxylation sites is 1. The molecule has 0 radical (unpaired) electrons. The van der Waals surface area contributed by atoms with Crippen molar-refractivity contribution in [2.45, 2.75) is 13.5 Å². The zero-order valence-electron chi connectivity index (χ0n) is 14.5. The van der Waals surface area contributed by atoms with Crippen molar-refractivity contribution < 1.29 is 14.3 Å². The van der Waals surface area contributed by atoms with Gasteiger partial charge in [0.05, 0.1) is 24.2 Å². The molecule has 130 valence electrons. The molecular formula is C20H17N3O3. The molecule has 0 bridgehead atoms. The maximum atomic E-state index is 10.9. The van der Waals surface area contributed by atoms with E-state index in [1.54, 1.807) is 29.8 Å². The van der Waals surface area contributed by atoms with Crippen molar-refractivity contribution in [3.05, 3.63) is 71.0 Å². The first-order chi connectivity index (χ1) is 12.7. The lowest BCUT2D eigenvalue weighted by Gasteiger charge is -2.12. The molecular weight excluding hydrogens is 330 g/mol. The van der Waals surface area contributed by atoms with E-state index in [2.05, 4.69) is 11.2 Å². The van der Waals surface area contributed by atoms with E-state index in [1.165, 1.54) is 7.11 Å². The Morgan fingerprint density at radius 2 is 1.96 bits per heavy atom. The summed E-state index contributed by atoms with van der Waals surface area (Å²) >= 11 is 0. The third kappa shape index (κ3) is 3.28. The number of nitriles is 1. The molecule has 6 heteroatoms. The first-order valence-corrected chi connectivity index (χ1v) is 7.98. The Morgan fingerprint density at radius 3 is 2.62 bits per heavy atom. The molecule has 0 saturated heterocycles. The number of ether oxygens (including phenoxy) is 2. The van der Waals surface area contributed by atoms with Gasteiger partial charge in [-0.05, 0) is 37.3 Å². The number of hydrogen-bond donors (Lipinski definition) is 0. The third-order valence-corrected chi connectivity index (χ3v) is 3.96. The number of carbonyl (C=O) groups is 1. The predicted molar refractivity (Wildman–Crippen MR) is 95.7 cm³/mol. The Bertz CT molecular complexity index is 972. The molecule has 0 aliphatic carbocycles. The summed E-state index contributed by atoms with van der Waals surface area (Å²) in [4.78, 5) is 10.9. The van der Waals surface area contributed by atoms with Gasteiger partial charge in [-0.15, -0.1) is 0 Å². The van der Waals surface area contributed by atoms with Crippen LogP contribution in [0.2, 0.25) is 0 Å². The number of aldehydes is 1. The average molecular weight is 347 g/mol. The van der Waals surface area contributed by atoms with Crippen LogP contribution < -0.4 is 9.47 Å². The molecule has 0 aliphatic rings. The monoisotopic (exact) mass is 347 g/mol. The molecule has 0 fully saturated rings. The zero-order valence-corrected chi connectivity index (χ0v) is 14.5. The Kier molecular flexibility index (Phi) is 4.99. The zero-order chi connectivity index (χ0) is 18.5. The number of nitrogens with zero attached hydrogens (tertiary/aromatic N) is 3. The SMILES string of the molecule is COc1cc(C=O)ccc1OCc1c(C#N)c(C)nn1-c1ccccc1. The molecule has 3 rings (SSSR count). The summed E-state index contributed by atoms with van der Waals surface area (Å²) < 4.78 is 12.9. The summed E-state index contributed by atoms with van der Waals surface area (Å²) in [6.07, 6.45) is 0.744. The van der Waals surface area contributed by atoms with E-state index >= 15 is 0 Å². The molecule has 2 aromatic carbocycles. The molecule has 3 aromatic rings. The van der Waals surface area contributed by atoms with Gasteiger partial charge in [-0.2, -0.15) is 10.4 Å². The molecule has 6 nitrogen and oxygen atoms in total.